The smallest absolute Gasteiger partial charge is 0.0951 e. The van der Waals surface area contributed by atoms with Crippen molar-refractivity contribution in [3.8, 4) is 0 Å². The third-order valence-electron chi connectivity index (χ3n) is 3.29. The van der Waals surface area contributed by atoms with Crippen molar-refractivity contribution >= 4 is 5.69 Å². The van der Waals surface area contributed by atoms with E-state index in [-0.39, 0.29) is 0 Å². The highest BCUT2D eigenvalue weighted by Crippen LogP contribution is 2.35. The van der Waals surface area contributed by atoms with Crippen LogP contribution in [0.1, 0.15) is 44.5 Å². The number of nitrogens with zero attached hydrogens (tertiary/aromatic N) is 4. The van der Waals surface area contributed by atoms with Crippen molar-refractivity contribution in [2.75, 3.05) is 5.32 Å². The summed E-state index contributed by atoms with van der Waals surface area (Å²) in [7, 11) is 0. The second-order valence-corrected chi connectivity index (χ2v) is 5.18. The van der Waals surface area contributed by atoms with Crippen LogP contribution in [0.5, 0.6) is 0 Å². The van der Waals surface area contributed by atoms with Crippen LogP contribution < -0.4 is 5.32 Å². The molecule has 5 nitrogen and oxygen atoms in total. The maximum Gasteiger partial charge on any atom is 0.0951 e. The van der Waals surface area contributed by atoms with Crippen LogP contribution in [-0.2, 0) is 6.54 Å². The number of imidazole rings is 1. The van der Waals surface area contributed by atoms with Gasteiger partial charge < -0.3 is 9.88 Å². The SMILES string of the molecule is CC(C)n1cc(NCc2cncn2C2CC2)cn1. The fourth-order valence-electron chi connectivity index (χ4n) is 2.05. The molecule has 1 aliphatic carbocycles. The zero-order valence-electron chi connectivity index (χ0n) is 10.9. The van der Waals surface area contributed by atoms with Crippen LogP contribution in [0.2, 0.25) is 0 Å². The van der Waals surface area contributed by atoms with Crippen LogP contribution in [-0.4, -0.2) is 19.3 Å². The van der Waals surface area contributed by atoms with Crippen LogP contribution in [0.25, 0.3) is 0 Å². The van der Waals surface area contributed by atoms with Crippen molar-refractivity contribution in [1.29, 1.82) is 0 Å². The number of hydrogen-bond acceptors (Lipinski definition) is 3. The summed E-state index contributed by atoms with van der Waals surface area (Å²) >= 11 is 0. The highest BCUT2D eigenvalue weighted by molar-refractivity contribution is 5.38. The monoisotopic (exact) mass is 245 g/mol. The fraction of sp³-hybridized carbons (Fsp3) is 0.538. The van der Waals surface area contributed by atoms with Crippen LogP contribution in [0.4, 0.5) is 5.69 Å². The van der Waals surface area contributed by atoms with E-state index < -0.39 is 0 Å². The molecule has 0 unspecified atom stereocenters. The first kappa shape index (κ1) is 11.3. The van der Waals surface area contributed by atoms with E-state index >= 15 is 0 Å². The Bertz CT molecular complexity index is 521. The van der Waals surface area contributed by atoms with Gasteiger partial charge in [0.15, 0.2) is 0 Å². The number of nitrogens with one attached hydrogen (secondary N) is 1. The molecule has 0 radical (unpaired) electrons. The standard InChI is InChI=1S/C13H19N5/c1-10(2)18-8-11(5-16-18)15-7-13-6-14-9-17(13)12-3-4-12/h5-6,8-10,12,15H,3-4,7H2,1-2H3. The van der Waals surface area contributed by atoms with Gasteiger partial charge in [-0.15, -0.1) is 0 Å². The molecule has 0 atom stereocenters. The first-order chi connectivity index (χ1) is 8.74. The minimum atomic E-state index is 0.401. The lowest BCUT2D eigenvalue weighted by Crippen LogP contribution is -2.05. The van der Waals surface area contributed by atoms with Crippen molar-refractivity contribution in [2.24, 2.45) is 0 Å². The summed E-state index contributed by atoms with van der Waals surface area (Å²) in [6.45, 7) is 5.05. The molecule has 18 heavy (non-hydrogen) atoms. The largest absolute Gasteiger partial charge is 0.377 e. The van der Waals surface area contributed by atoms with Crippen molar-refractivity contribution in [1.82, 2.24) is 19.3 Å². The van der Waals surface area contributed by atoms with Gasteiger partial charge in [0.05, 0.1) is 30.5 Å². The average Bonchev–Trinajstić information content (AvgIpc) is 2.92. The summed E-state index contributed by atoms with van der Waals surface area (Å²) in [5.74, 6) is 0. The van der Waals surface area contributed by atoms with Gasteiger partial charge in [-0.1, -0.05) is 0 Å². The molecule has 0 spiro atoms. The molecule has 0 saturated heterocycles. The molecule has 1 saturated carbocycles. The Morgan fingerprint density at radius 1 is 1.39 bits per heavy atom. The first-order valence-electron chi connectivity index (χ1n) is 6.53. The van der Waals surface area contributed by atoms with Gasteiger partial charge in [-0.3, -0.25) is 4.68 Å². The third kappa shape index (κ3) is 2.25. The Labute approximate surface area is 107 Å². The summed E-state index contributed by atoms with van der Waals surface area (Å²) in [4.78, 5) is 4.23. The number of aromatic nitrogens is 4. The number of hydrogen-bond donors (Lipinski definition) is 1. The molecule has 1 aliphatic rings. The van der Waals surface area contributed by atoms with Gasteiger partial charge in [0, 0.05) is 24.5 Å². The molecule has 0 bridgehead atoms. The first-order valence-corrected chi connectivity index (χ1v) is 6.53. The molecule has 1 N–H and O–H groups in total. The van der Waals surface area contributed by atoms with E-state index in [1.807, 2.05) is 29.6 Å². The summed E-state index contributed by atoms with van der Waals surface area (Å²) in [5, 5.41) is 7.72. The molecular weight excluding hydrogens is 226 g/mol. The van der Waals surface area contributed by atoms with Gasteiger partial charge in [0.25, 0.3) is 0 Å². The van der Waals surface area contributed by atoms with Crippen LogP contribution in [0.15, 0.2) is 24.9 Å². The second-order valence-electron chi connectivity index (χ2n) is 5.18. The van der Waals surface area contributed by atoms with E-state index in [0.29, 0.717) is 12.1 Å². The van der Waals surface area contributed by atoms with Crippen LogP contribution in [0, 0.1) is 0 Å². The van der Waals surface area contributed by atoms with Gasteiger partial charge in [-0.05, 0) is 26.7 Å². The molecule has 96 valence electrons. The van der Waals surface area contributed by atoms with Crippen LogP contribution >= 0.6 is 0 Å². The average molecular weight is 245 g/mol. The van der Waals surface area contributed by atoms with Crippen molar-refractivity contribution < 1.29 is 0 Å². The topological polar surface area (TPSA) is 47.7 Å². The zero-order valence-corrected chi connectivity index (χ0v) is 10.9. The Kier molecular flexibility index (Phi) is 2.81. The van der Waals surface area contributed by atoms with Gasteiger partial charge >= 0.3 is 0 Å². The van der Waals surface area contributed by atoms with Gasteiger partial charge in [0.2, 0.25) is 0 Å². The molecular formula is C13H19N5. The van der Waals surface area contributed by atoms with Crippen molar-refractivity contribution in [2.45, 2.75) is 45.3 Å². The Balaban J connectivity index is 1.64. The highest BCUT2D eigenvalue weighted by Gasteiger charge is 2.24. The summed E-state index contributed by atoms with van der Waals surface area (Å²) < 4.78 is 4.24. The van der Waals surface area contributed by atoms with Crippen molar-refractivity contribution in [3.05, 3.63) is 30.6 Å². The van der Waals surface area contributed by atoms with Gasteiger partial charge in [0.1, 0.15) is 0 Å². The quantitative estimate of drug-likeness (QED) is 0.880. The van der Waals surface area contributed by atoms with Crippen LogP contribution in [0.3, 0.4) is 0 Å². The Morgan fingerprint density at radius 2 is 2.22 bits per heavy atom. The molecule has 2 aromatic rings. The highest BCUT2D eigenvalue weighted by atomic mass is 15.3. The maximum absolute atomic E-state index is 4.32. The predicted molar refractivity (Wildman–Crippen MR) is 70.4 cm³/mol. The van der Waals surface area contributed by atoms with E-state index in [9.17, 15) is 0 Å². The summed E-state index contributed by atoms with van der Waals surface area (Å²) in [6, 6.07) is 1.08. The lowest BCUT2D eigenvalue weighted by molar-refractivity contribution is 0.532. The lowest BCUT2D eigenvalue weighted by Gasteiger charge is -2.07. The molecule has 5 heteroatoms. The normalized spacial score (nSPS) is 15.3. The summed E-state index contributed by atoms with van der Waals surface area (Å²) in [5.41, 5.74) is 2.31. The molecule has 3 rings (SSSR count). The van der Waals surface area contributed by atoms with E-state index in [0.717, 1.165) is 12.2 Å². The van der Waals surface area contributed by atoms with E-state index in [1.165, 1.54) is 18.5 Å². The minimum absolute atomic E-state index is 0.401. The van der Waals surface area contributed by atoms with E-state index in [2.05, 4.69) is 33.8 Å². The second kappa shape index (κ2) is 4.48. The van der Waals surface area contributed by atoms with E-state index in [4.69, 9.17) is 0 Å². The lowest BCUT2D eigenvalue weighted by atomic mass is 10.4. The van der Waals surface area contributed by atoms with E-state index in [1.54, 1.807) is 0 Å². The zero-order chi connectivity index (χ0) is 12.5. The van der Waals surface area contributed by atoms with Gasteiger partial charge in [-0.2, -0.15) is 5.10 Å². The minimum Gasteiger partial charge on any atom is -0.377 e. The molecule has 2 heterocycles. The molecule has 0 amide bonds. The summed E-state index contributed by atoms with van der Waals surface area (Å²) in [6.07, 6.45) is 10.4. The number of rotatable bonds is 5. The third-order valence-corrected chi connectivity index (χ3v) is 3.29. The van der Waals surface area contributed by atoms with Crippen molar-refractivity contribution in [3.63, 3.8) is 0 Å². The fourth-order valence-corrected chi connectivity index (χ4v) is 2.05. The maximum atomic E-state index is 4.32. The number of anilines is 1. The predicted octanol–water partition coefficient (Wildman–Crippen LogP) is 2.61. The molecule has 1 fully saturated rings. The molecule has 0 aromatic carbocycles. The molecule has 2 aromatic heterocycles. The Morgan fingerprint density at radius 3 is 2.89 bits per heavy atom. The Hall–Kier alpha value is -1.78. The van der Waals surface area contributed by atoms with Gasteiger partial charge in [-0.25, -0.2) is 4.98 Å². The molecule has 0 aliphatic heterocycles.